The summed E-state index contributed by atoms with van der Waals surface area (Å²) in [5.41, 5.74) is 7.41. The summed E-state index contributed by atoms with van der Waals surface area (Å²) in [4.78, 5) is 12.4. The van der Waals surface area contributed by atoms with E-state index in [1.807, 2.05) is 31.2 Å². The molecule has 2 fully saturated rings. The zero-order valence-electron chi connectivity index (χ0n) is 14.0. The molecular weight excluding hydrogens is 288 g/mol. The molecule has 0 aliphatic heterocycles. The van der Waals surface area contributed by atoms with Gasteiger partial charge in [-0.1, -0.05) is 24.6 Å². The van der Waals surface area contributed by atoms with Gasteiger partial charge in [0, 0.05) is 12.0 Å². The SMILES string of the molecule is Cc1ccccc1OCCNC(=O)C1CC2CCCC(C1)C2N. The Bertz CT molecular complexity index is 532. The van der Waals surface area contributed by atoms with Crippen molar-refractivity contribution in [2.75, 3.05) is 13.2 Å². The number of ether oxygens (including phenoxy) is 1. The third kappa shape index (κ3) is 3.86. The lowest BCUT2D eigenvalue weighted by Gasteiger charge is -2.43. The molecule has 2 saturated carbocycles. The molecule has 0 saturated heterocycles. The molecule has 126 valence electrons. The van der Waals surface area contributed by atoms with E-state index in [-0.39, 0.29) is 11.8 Å². The third-order valence-electron chi connectivity index (χ3n) is 5.54. The summed E-state index contributed by atoms with van der Waals surface area (Å²) in [5.74, 6) is 2.30. The van der Waals surface area contributed by atoms with Crippen molar-refractivity contribution in [2.45, 2.75) is 45.1 Å². The van der Waals surface area contributed by atoms with Crippen LogP contribution in [0.5, 0.6) is 5.75 Å². The number of carbonyl (C=O) groups excluding carboxylic acids is 1. The van der Waals surface area contributed by atoms with E-state index >= 15 is 0 Å². The van der Waals surface area contributed by atoms with E-state index in [1.54, 1.807) is 0 Å². The first-order chi connectivity index (χ1) is 11.1. The van der Waals surface area contributed by atoms with Crippen LogP contribution in [-0.4, -0.2) is 25.1 Å². The van der Waals surface area contributed by atoms with Crippen molar-refractivity contribution < 1.29 is 9.53 Å². The van der Waals surface area contributed by atoms with Gasteiger partial charge in [-0.25, -0.2) is 0 Å². The zero-order valence-corrected chi connectivity index (χ0v) is 14.0. The molecule has 0 spiro atoms. The molecule has 2 aliphatic rings. The van der Waals surface area contributed by atoms with Gasteiger partial charge in [-0.15, -0.1) is 0 Å². The van der Waals surface area contributed by atoms with E-state index in [0.29, 0.717) is 31.0 Å². The molecule has 3 N–H and O–H groups in total. The van der Waals surface area contributed by atoms with Crippen LogP contribution in [0.3, 0.4) is 0 Å². The predicted octanol–water partition coefficient (Wildman–Crippen LogP) is 2.64. The van der Waals surface area contributed by atoms with Crippen molar-refractivity contribution in [1.82, 2.24) is 5.32 Å². The van der Waals surface area contributed by atoms with Crippen LogP contribution in [0.1, 0.15) is 37.7 Å². The van der Waals surface area contributed by atoms with Crippen LogP contribution in [0.15, 0.2) is 24.3 Å². The number of amides is 1. The van der Waals surface area contributed by atoms with Gasteiger partial charge in [-0.2, -0.15) is 0 Å². The second-order valence-corrected chi connectivity index (χ2v) is 7.10. The lowest BCUT2D eigenvalue weighted by Crippen LogP contribution is -2.49. The molecule has 2 atom stereocenters. The molecule has 2 bridgehead atoms. The minimum absolute atomic E-state index is 0.142. The first kappa shape index (κ1) is 16.3. The van der Waals surface area contributed by atoms with Crippen LogP contribution in [0.25, 0.3) is 0 Å². The van der Waals surface area contributed by atoms with E-state index in [1.165, 1.54) is 19.3 Å². The van der Waals surface area contributed by atoms with E-state index in [2.05, 4.69) is 5.32 Å². The molecule has 0 aromatic heterocycles. The Kier molecular flexibility index (Phi) is 5.21. The molecule has 1 aromatic carbocycles. The lowest BCUT2D eigenvalue weighted by molar-refractivity contribution is -0.128. The van der Waals surface area contributed by atoms with Gasteiger partial charge < -0.3 is 15.8 Å². The highest BCUT2D eigenvalue weighted by Crippen LogP contribution is 2.41. The van der Waals surface area contributed by atoms with Gasteiger partial charge in [-0.05, 0) is 56.1 Å². The number of para-hydroxylation sites is 1. The maximum atomic E-state index is 12.4. The van der Waals surface area contributed by atoms with E-state index < -0.39 is 0 Å². The molecule has 4 heteroatoms. The minimum Gasteiger partial charge on any atom is -0.491 e. The molecule has 3 rings (SSSR count). The average molecular weight is 316 g/mol. The Morgan fingerprint density at radius 2 is 1.96 bits per heavy atom. The second-order valence-electron chi connectivity index (χ2n) is 7.10. The summed E-state index contributed by atoms with van der Waals surface area (Å²) < 4.78 is 5.73. The van der Waals surface area contributed by atoms with Crippen LogP contribution < -0.4 is 15.8 Å². The first-order valence-electron chi connectivity index (χ1n) is 8.87. The second kappa shape index (κ2) is 7.35. The molecule has 1 amide bonds. The average Bonchev–Trinajstić information content (AvgIpc) is 2.52. The summed E-state index contributed by atoms with van der Waals surface area (Å²) in [6.07, 6.45) is 5.58. The van der Waals surface area contributed by atoms with Gasteiger partial charge in [0.25, 0.3) is 0 Å². The van der Waals surface area contributed by atoms with Crippen LogP contribution in [-0.2, 0) is 4.79 Å². The Hall–Kier alpha value is -1.55. The van der Waals surface area contributed by atoms with Gasteiger partial charge in [0.15, 0.2) is 0 Å². The topological polar surface area (TPSA) is 64.3 Å². The van der Waals surface area contributed by atoms with E-state index in [4.69, 9.17) is 10.5 Å². The lowest BCUT2D eigenvalue weighted by atomic mass is 9.65. The van der Waals surface area contributed by atoms with Gasteiger partial charge in [-0.3, -0.25) is 4.79 Å². The molecule has 2 unspecified atom stereocenters. The highest BCUT2D eigenvalue weighted by Gasteiger charge is 2.40. The largest absolute Gasteiger partial charge is 0.491 e. The number of hydrogen-bond donors (Lipinski definition) is 2. The molecule has 0 radical (unpaired) electrons. The maximum absolute atomic E-state index is 12.4. The number of carbonyl (C=O) groups is 1. The standard InChI is InChI=1S/C19H28N2O2/c1-13-5-2-3-8-17(13)23-10-9-21-19(22)16-11-14-6-4-7-15(12-16)18(14)20/h2-3,5,8,14-16,18H,4,6-7,9-12,20H2,1H3,(H,21,22). The van der Waals surface area contributed by atoms with Crippen LogP contribution in [0, 0.1) is 24.7 Å². The van der Waals surface area contributed by atoms with Crippen molar-refractivity contribution >= 4 is 5.91 Å². The number of fused-ring (bicyclic) bond motifs is 2. The van der Waals surface area contributed by atoms with Gasteiger partial charge in [0.2, 0.25) is 5.91 Å². The summed E-state index contributed by atoms with van der Waals surface area (Å²) in [6.45, 7) is 3.10. The molecular formula is C19H28N2O2. The Morgan fingerprint density at radius 3 is 2.65 bits per heavy atom. The number of nitrogens with two attached hydrogens (primary N) is 1. The summed E-state index contributed by atoms with van der Waals surface area (Å²) in [7, 11) is 0. The fourth-order valence-electron chi connectivity index (χ4n) is 4.20. The predicted molar refractivity (Wildman–Crippen MR) is 91.2 cm³/mol. The van der Waals surface area contributed by atoms with Crippen LogP contribution in [0.4, 0.5) is 0 Å². The maximum Gasteiger partial charge on any atom is 0.223 e. The number of nitrogens with one attached hydrogen (secondary N) is 1. The third-order valence-corrected chi connectivity index (χ3v) is 5.54. The van der Waals surface area contributed by atoms with Crippen molar-refractivity contribution in [2.24, 2.45) is 23.5 Å². The summed E-state index contributed by atoms with van der Waals surface area (Å²) in [6, 6.07) is 8.26. The number of aryl methyl sites for hydroxylation is 1. The Morgan fingerprint density at radius 1 is 1.26 bits per heavy atom. The molecule has 4 nitrogen and oxygen atoms in total. The smallest absolute Gasteiger partial charge is 0.223 e. The monoisotopic (exact) mass is 316 g/mol. The highest BCUT2D eigenvalue weighted by molar-refractivity contribution is 5.78. The van der Waals surface area contributed by atoms with Crippen molar-refractivity contribution in [1.29, 1.82) is 0 Å². The summed E-state index contributed by atoms with van der Waals surface area (Å²) in [5, 5.41) is 3.04. The normalized spacial score (nSPS) is 29.8. The number of benzene rings is 1. The van der Waals surface area contributed by atoms with E-state index in [0.717, 1.165) is 24.2 Å². The number of rotatable bonds is 5. The fraction of sp³-hybridized carbons (Fsp3) is 0.632. The van der Waals surface area contributed by atoms with Crippen LogP contribution in [0.2, 0.25) is 0 Å². The number of hydrogen-bond acceptors (Lipinski definition) is 3. The first-order valence-corrected chi connectivity index (χ1v) is 8.87. The Labute approximate surface area is 138 Å². The molecule has 23 heavy (non-hydrogen) atoms. The minimum atomic E-state index is 0.142. The quantitative estimate of drug-likeness (QED) is 0.821. The summed E-state index contributed by atoms with van der Waals surface area (Å²) >= 11 is 0. The van der Waals surface area contributed by atoms with Crippen molar-refractivity contribution in [3.63, 3.8) is 0 Å². The molecule has 2 aliphatic carbocycles. The van der Waals surface area contributed by atoms with E-state index in [9.17, 15) is 4.79 Å². The van der Waals surface area contributed by atoms with Crippen LogP contribution >= 0.6 is 0 Å². The van der Waals surface area contributed by atoms with Gasteiger partial charge in [0.05, 0.1) is 6.54 Å². The molecule has 0 heterocycles. The van der Waals surface area contributed by atoms with Crippen molar-refractivity contribution in [3.8, 4) is 5.75 Å². The van der Waals surface area contributed by atoms with Gasteiger partial charge >= 0.3 is 0 Å². The zero-order chi connectivity index (χ0) is 16.2. The highest BCUT2D eigenvalue weighted by atomic mass is 16.5. The van der Waals surface area contributed by atoms with Crippen molar-refractivity contribution in [3.05, 3.63) is 29.8 Å². The van der Waals surface area contributed by atoms with Gasteiger partial charge in [0.1, 0.15) is 12.4 Å². The fourth-order valence-corrected chi connectivity index (χ4v) is 4.20. The Balaban J connectivity index is 1.42. The molecule has 1 aromatic rings.